The van der Waals surface area contributed by atoms with E-state index in [0.29, 0.717) is 11.1 Å². The van der Waals surface area contributed by atoms with Gasteiger partial charge in [-0.15, -0.1) is 0 Å². The Balaban J connectivity index is 0.000000185. The average molecular weight is 639 g/mol. The van der Waals surface area contributed by atoms with Crippen LogP contribution in [-0.2, 0) is 34.3 Å². The van der Waals surface area contributed by atoms with Crippen molar-refractivity contribution in [3.63, 3.8) is 0 Å². The lowest BCUT2D eigenvalue weighted by Gasteiger charge is -2.20. The summed E-state index contributed by atoms with van der Waals surface area (Å²) in [5.41, 5.74) is 6.69. The van der Waals surface area contributed by atoms with Crippen molar-refractivity contribution in [2.45, 2.75) is 70.6 Å². The molecule has 0 saturated carbocycles. The van der Waals surface area contributed by atoms with Crippen LogP contribution >= 0.6 is 0 Å². The van der Waals surface area contributed by atoms with Gasteiger partial charge in [0.2, 0.25) is 11.6 Å². The van der Waals surface area contributed by atoms with E-state index in [2.05, 4.69) is 38.1 Å². The molecular formula is C41H38F4O2. The van der Waals surface area contributed by atoms with Crippen molar-refractivity contribution in [1.82, 2.24) is 0 Å². The second-order valence-electron chi connectivity index (χ2n) is 12.1. The minimum absolute atomic E-state index is 0.213. The zero-order valence-corrected chi connectivity index (χ0v) is 26.7. The predicted molar refractivity (Wildman–Crippen MR) is 181 cm³/mol. The lowest BCUT2D eigenvalue weighted by Crippen LogP contribution is -2.27. The predicted octanol–water partition coefficient (Wildman–Crippen LogP) is 11.2. The summed E-state index contributed by atoms with van der Waals surface area (Å²) in [6, 6.07) is 25.9. The third-order valence-electron chi connectivity index (χ3n) is 8.69. The minimum atomic E-state index is -3.42. The summed E-state index contributed by atoms with van der Waals surface area (Å²) < 4.78 is 55.6. The summed E-state index contributed by atoms with van der Waals surface area (Å²) in [7, 11) is 0. The number of aryl methyl sites for hydroxylation is 2. The summed E-state index contributed by atoms with van der Waals surface area (Å²) in [5.74, 6) is -9.16. The molecule has 6 heteroatoms. The number of carbonyl (C=O) groups excluding carboxylic acids is 2. The molecule has 2 aliphatic rings. The van der Waals surface area contributed by atoms with Crippen LogP contribution in [0.4, 0.5) is 17.6 Å². The van der Waals surface area contributed by atoms with Crippen LogP contribution < -0.4 is 0 Å². The fourth-order valence-corrected chi connectivity index (χ4v) is 5.83. The Morgan fingerprint density at radius 2 is 0.851 bits per heavy atom. The number of carbonyl (C=O) groups is 2. The number of fused-ring (bicyclic) bond motifs is 2. The number of unbranched alkanes of at least 4 members (excludes halogenated alkanes) is 3. The van der Waals surface area contributed by atoms with Gasteiger partial charge in [0.05, 0.1) is 0 Å². The fourth-order valence-electron chi connectivity index (χ4n) is 5.83. The first-order valence-corrected chi connectivity index (χ1v) is 16.2. The number of ketones is 2. The molecule has 0 fully saturated rings. The van der Waals surface area contributed by atoms with E-state index in [-0.39, 0.29) is 11.1 Å². The molecule has 6 rings (SSSR count). The molecule has 0 bridgehead atoms. The summed E-state index contributed by atoms with van der Waals surface area (Å²) in [6.07, 6.45) is 12.9. The van der Waals surface area contributed by atoms with Gasteiger partial charge in [-0.25, -0.2) is 0 Å². The Hall–Kier alpha value is -4.58. The molecule has 0 N–H and O–H groups in total. The smallest absolute Gasteiger partial charge is 0.288 e. The van der Waals surface area contributed by atoms with Gasteiger partial charge in [0.25, 0.3) is 0 Å². The maximum Gasteiger partial charge on any atom is 0.334 e. The van der Waals surface area contributed by atoms with Gasteiger partial charge in [-0.2, -0.15) is 17.6 Å². The maximum absolute atomic E-state index is 13.9. The third kappa shape index (κ3) is 7.54. The van der Waals surface area contributed by atoms with Crippen LogP contribution in [-0.4, -0.2) is 11.6 Å². The van der Waals surface area contributed by atoms with E-state index in [9.17, 15) is 27.2 Å². The Kier molecular flexibility index (Phi) is 10.4. The minimum Gasteiger partial charge on any atom is -0.288 e. The van der Waals surface area contributed by atoms with Gasteiger partial charge in [-0.3, -0.25) is 9.59 Å². The monoisotopic (exact) mass is 638 g/mol. The second-order valence-corrected chi connectivity index (χ2v) is 12.1. The number of hydrogen-bond acceptors (Lipinski definition) is 2. The summed E-state index contributed by atoms with van der Waals surface area (Å²) in [6.45, 7) is 4.35. The van der Waals surface area contributed by atoms with Crippen molar-refractivity contribution in [3.05, 3.63) is 130 Å². The van der Waals surface area contributed by atoms with E-state index in [0.717, 1.165) is 60.1 Å². The molecule has 0 spiro atoms. The van der Waals surface area contributed by atoms with Crippen molar-refractivity contribution in [2.75, 3.05) is 0 Å². The van der Waals surface area contributed by atoms with Crippen molar-refractivity contribution >= 4 is 23.7 Å². The molecule has 0 radical (unpaired) electrons. The van der Waals surface area contributed by atoms with Crippen LogP contribution in [0.2, 0.25) is 0 Å². The number of allylic oxidation sites excluding steroid dienone is 2. The average Bonchev–Trinajstić information content (AvgIpc) is 3.08. The Morgan fingerprint density at radius 1 is 0.468 bits per heavy atom. The lowest BCUT2D eigenvalue weighted by molar-refractivity contribution is -0.139. The van der Waals surface area contributed by atoms with Crippen LogP contribution in [0.5, 0.6) is 0 Å². The molecule has 0 heterocycles. The van der Waals surface area contributed by atoms with Gasteiger partial charge in [0.15, 0.2) is 0 Å². The van der Waals surface area contributed by atoms with Crippen LogP contribution in [0.25, 0.3) is 34.4 Å². The van der Waals surface area contributed by atoms with Gasteiger partial charge in [-0.05, 0) is 94.5 Å². The number of rotatable bonds is 9. The molecule has 0 amide bonds. The van der Waals surface area contributed by atoms with E-state index in [1.807, 2.05) is 24.3 Å². The third-order valence-corrected chi connectivity index (χ3v) is 8.69. The van der Waals surface area contributed by atoms with Crippen LogP contribution in [0.3, 0.4) is 0 Å². The lowest BCUT2D eigenvalue weighted by atomic mass is 9.90. The molecule has 242 valence electrons. The maximum atomic E-state index is 13.9. The van der Waals surface area contributed by atoms with E-state index in [4.69, 9.17) is 0 Å². The molecule has 4 aromatic rings. The van der Waals surface area contributed by atoms with E-state index >= 15 is 0 Å². The van der Waals surface area contributed by atoms with Crippen molar-refractivity contribution < 1.29 is 27.2 Å². The highest BCUT2D eigenvalue weighted by atomic mass is 19.3. The fraction of sp³-hybridized carbons (Fsp3) is 0.268. The molecular weight excluding hydrogens is 600 g/mol. The zero-order chi connectivity index (χ0) is 33.6. The normalized spacial score (nSPS) is 15.4. The van der Waals surface area contributed by atoms with Crippen molar-refractivity contribution in [3.8, 4) is 22.3 Å². The molecule has 0 aliphatic heterocycles. The largest absolute Gasteiger partial charge is 0.334 e. The first-order valence-electron chi connectivity index (χ1n) is 16.2. The highest BCUT2D eigenvalue weighted by Gasteiger charge is 2.43. The Bertz CT molecular complexity index is 1800. The SMILES string of the molecule is CCCCCc1ccc(-c2ccc3c(c2)C=CC(=O)C3(F)F)cc1.CCCCc1ccc(-c2ccc3c(c2)C=CC(=O)C3(F)F)cc1. The molecule has 0 atom stereocenters. The number of benzene rings is 4. The topological polar surface area (TPSA) is 34.1 Å². The molecule has 0 aromatic heterocycles. The van der Waals surface area contributed by atoms with E-state index in [1.165, 1.54) is 54.7 Å². The Labute approximate surface area is 273 Å². The van der Waals surface area contributed by atoms with Crippen molar-refractivity contribution in [1.29, 1.82) is 0 Å². The molecule has 0 saturated heterocycles. The second kappa shape index (κ2) is 14.5. The molecule has 2 nitrogen and oxygen atoms in total. The van der Waals surface area contributed by atoms with E-state index in [1.54, 1.807) is 24.3 Å². The van der Waals surface area contributed by atoms with Crippen LogP contribution in [0.1, 0.15) is 79.3 Å². The van der Waals surface area contributed by atoms with Crippen molar-refractivity contribution in [2.24, 2.45) is 0 Å². The molecule has 47 heavy (non-hydrogen) atoms. The molecule has 4 aromatic carbocycles. The summed E-state index contributed by atoms with van der Waals surface area (Å²) in [5, 5.41) is 0. The van der Waals surface area contributed by atoms with Gasteiger partial charge in [0, 0.05) is 11.1 Å². The zero-order valence-electron chi connectivity index (χ0n) is 26.7. The quantitative estimate of drug-likeness (QED) is 0.135. The molecule has 2 aliphatic carbocycles. The van der Waals surface area contributed by atoms with Crippen LogP contribution in [0.15, 0.2) is 97.1 Å². The highest BCUT2D eigenvalue weighted by Crippen LogP contribution is 2.39. The highest BCUT2D eigenvalue weighted by molar-refractivity contribution is 6.03. The molecule has 0 unspecified atom stereocenters. The van der Waals surface area contributed by atoms with Gasteiger partial charge < -0.3 is 0 Å². The summed E-state index contributed by atoms with van der Waals surface area (Å²) >= 11 is 0. The summed E-state index contributed by atoms with van der Waals surface area (Å²) in [4.78, 5) is 22.7. The van der Waals surface area contributed by atoms with E-state index < -0.39 is 23.4 Å². The van der Waals surface area contributed by atoms with Gasteiger partial charge >= 0.3 is 11.8 Å². The van der Waals surface area contributed by atoms with Crippen LogP contribution in [0, 0.1) is 0 Å². The number of hydrogen-bond donors (Lipinski definition) is 0. The first-order chi connectivity index (χ1) is 22.5. The van der Waals surface area contributed by atoms with Gasteiger partial charge in [0.1, 0.15) is 0 Å². The number of halogens is 4. The van der Waals surface area contributed by atoms with Gasteiger partial charge in [-0.1, -0.05) is 118 Å². The first kappa shape index (κ1) is 33.8. The number of alkyl halides is 4. The standard InChI is InChI=1S/C21H20F2O.C20H18F2O/c1-2-3-4-5-15-6-8-16(9-7-15)17-10-12-19-18(14-17)11-13-20(24)21(19,22)23;1-2-3-4-14-5-7-15(8-6-14)16-9-11-18-17(13-16)10-12-19(23)20(18,21)22/h6-14H,2-5H2,1H3;5-13H,2-4H2,1H3. The Morgan fingerprint density at radius 3 is 1.26 bits per heavy atom.